The van der Waals surface area contributed by atoms with Gasteiger partial charge < -0.3 is 10.6 Å². The summed E-state index contributed by atoms with van der Waals surface area (Å²) in [7, 11) is 0. The predicted octanol–water partition coefficient (Wildman–Crippen LogP) is 5.37. The molecular weight excluding hydrogens is 415 g/mol. The molecule has 1 fully saturated rings. The van der Waals surface area contributed by atoms with Crippen molar-refractivity contribution in [1.29, 1.82) is 0 Å². The minimum absolute atomic E-state index is 0.188. The zero-order valence-corrected chi connectivity index (χ0v) is 17.2. The lowest BCUT2D eigenvalue weighted by molar-refractivity contribution is -0.137. The summed E-state index contributed by atoms with van der Waals surface area (Å²) < 4.78 is 65.9. The molecule has 1 saturated carbocycles. The second-order valence-corrected chi connectivity index (χ2v) is 8.07. The van der Waals surface area contributed by atoms with Crippen LogP contribution in [0.3, 0.4) is 0 Å². The van der Waals surface area contributed by atoms with Crippen LogP contribution >= 0.6 is 0 Å². The molecule has 168 valence electrons. The van der Waals surface area contributed by atoms with E-state index in [1.165, 1.54) is 6.07 Å². The molecule has 0 spiro atoms. The average molecular weight is 440 g/mol. The maximum Gasteiger partial charge on any atom is 0.416 e. The fourth-order valence-electron chi connectivity index (χ4n) is 3.93. The summed E-state index contributed by atoms with van der Waals surface area (Å²) in [6, 6.07) is 7.06. The number of benzene rings is 2. The van der Waals surface area contributed by atoms with E-state index in [2.05, 4.69) is 10.6 Å². The predicted molar refractivity (Wildman–Crippen MR) is 107 cm³/mol. The Bertz CT molecular complexity index is 900. The Kier molecular flexibility index (Phi) is 7.30. The monoisotopic (exact) mass is 440 g/mol. The molecule has 0 aromatic heterocycles. The molecule has 3 nitrogen and oxygen atoms in total. The molecule has 1 aliphatic carbocycles. The third kappa shape index (κ3) is 6.26. The fourth-order valence-corrected chi connectivity index (χ4v) is 3.93. The third-order valence-corrected chi connectivity index (χ3v) is 5.81. The number of carbonyl (C=O) groups excluding carboxylic acids is 1. The van der Waals surface area contributed by atoms with E-state index in [4.69, 9.17) is 0 Å². The summed E-state index contributed by atoms with van der Waals surface area (Å²) in [4.78, 5) is 12.2. The molecule has 1 aliphatic rings. The molecule has 0 bridgehead atoms. The van der Waals surface area contributed by atoms with Crippen LogP contribution in [0.2, 0.25) is 0 Å². The molecule has 0 heterocycles. The highest BCUT2D eigenvalue weighted by Crippen LogP contribution is 2.30. The van der Waals surface area contributed by atoms with Gasteiger partial charge in [0, 0.05) is 30.3 Å². The van der Waals surface area contributed by atoms with E-state index in [0.717, 1.165) is 37.3 Å². The number of rotatable bonds is 6. The zero-order chi connectivity index (χ0) is 22.6. The number of amides is 1. The van der Waals surface area contributed by atoms with Gasteiger partial charge in [0.15, 0.2) is 0 Å². The van der Waals surface area contributed by atoms with Crippen molar-refractivity contribution >= 4 is 5.91 Å². The molecule has 8 heteroatoms. The number of alkyl halides is 3. The fraction of sp³-hybridized carbons (Fsp3) is 0.435. The summed E-state index contributed by atoms with van der Waals surface area (Å²) >= 11 is 0. The molecule has 2 aromatic rings. The molecule has 0 radical (unpaired) electrons. The first-order valence-electron chi connectivity index (χ1n) is 10.3. The minimum Gasteiger partial charge on any atom is -0.352 e. The Morgan fingerprint density at radius 3 is 2.42 bits per heavy atom. The molecule has 0 aliphatic heterocycles. The van der Waals surface area contributed by atoms with E-state index in [9.17, 15) is 26.7 Å². The van der Waals surface area contributed by atoms with Gasteiger partial charge in [0.05, 0.1) is 5.56 Å². The molecule has 2 aromatic carbocycles. The van der Waals surface area contributed by atoms with E-state index < -0.39 is 23.5 Å². The first-order chi connectivity index (χ1) is 14.6. The van der Waals surface area contributed by atoms with Crippen molar-refractivity contribution in [2.24, 2.45) is 5.92 Å². The summed E-state index contributed by atoms with van der Waals surface area (Å²) in [5, 5.41) is 6.00. The third-order valence-electron chi connectivity index (χ3n) is 5.81. The largest absolute Gasteiger partial charge is 0.416 e. The van der Waals surface area contributed by atoms with Crippen LogP contribution in [0.4, 0.5) is 22.0 Å². The van der Waals surface area contributed by atoms with Crippen molar-refractivity contribution in [3.63, 3.8) is 0 Å². The average Bonchev–Trinajstić information content (AvgIpc) is 2.71. The number of hydrogen-bond donors (Lipinski definition) is 2. The highest BCUT2D eigenvalue weighted by molar-refractivity contribution is 5.94. The lowest BCUT2D eigenvalue weighted by Crippen LogP contribution is -2.37. The number of hydrogen-bond acceptors (Lipinski definition) is 2. The van der Waals surface area contributed by atoms with Crippen LogP contribution in [0.15, 0.2) is 36.4 Å². The Labute approximate surface area is 178 Å². The normalized spacial score (nSPS) is 19.3. The SMILES string of the molecule is Cc1cccc(F)c1CN[C@H]1CC[C@@H](CNC(=O)c2cc(F)cc(C(F)(F)F)c2)CC1. The summed E-state index contributed by atoms with van der Waals surface area (Å²) in [6.45, 7) is 2.64. The van der Waals surface area contributed by atoms with Gasteiger partial charge >= 0.3 is 6.18 Å². The molecule has 2 N–H and O–H groups in total. The van der Waals surface area contributed by atoms with Crippen molar-refractivity contribution in [2.75, 3.05) is 6.54 Å². The standard InChI is InChI=1S/C23H25F5N2O/c1-14-3-2-4-21(25)20(14)13-29-19-7-5-15(6-8-19)12-30-22(31)16-9-17(23(26,27)28)11-18(24)10-16/h2-4,9-11,15,19,29H,5-8,12-13H2,1H3,(H,30,31)/t15-,19+. The second kappa shape index (κ2) is 9.77. The van der Waals surface area contributed by atoms with Crippen LogP contribution in [-0.4, -0.2) is 18.5 Å². The van der Waals surface area contributed by atoms with Crippen LogP contribution in [0.5, 0.6) is 0 Å². The van der Waals surface area contributed by atoms with Gasteiger partial charge in [-0.3, -0.25) is 4.79 Å². The number of halogens is 5. The van der Waals surface area contributed by atoms with E-state index in [1.54, 1.807) is 6.07 Å². The van der Waals surface area contributed by atoms with Crippen LogP contribution in [-0.2, 0) is 12.7 Å². The van der Waals surface area contributed by atoms with Gasteiger partial charge in [-0.25, -0.2) is 8.78 Å². The van der Waals surface area contributed by atoms with E-state index in [1.807, 2.05) is 13.0 Å². The second-order valence-electron chi connectivity index (χ2n) is 8.07. The Morgan fingerprint density at radius 1 is 1.06 bits per heavy atom. The minimum atomic E-state index is -4.72. The molecular formula is C23H25F5N2O. The van der Waals surface area contributed by atoms with Crippen molar-refractivity contribution in [3.8, 4) is 0 Å². The van der Waals surface area contributed by atoms with Crippen molar-refractivity contribution < 1.29 is 26.7 Å². The molecule has 3 rings (SSSR count). The summed E-state index contributed by atoms with van der Waals surface area (Å²) in [5.74, 6) is -1.86. The molecule has 0 saturated heterocycles. The van der Waals surface area contributed by atoms with E-state index in [0.29, 0.717) is 30.8 Å². The van der Waals surface area contributed by atoms with Gasteiger partial charge in [-0.15, -0.1) is 0 Å². The molecule has 31 heavy (non-hydrogen) atoms. The lowest BCUT2D eigenvalue weighted by atomic mass is 9.86. The van der Waals surface area contributed by atoms with Crippen molar-refractivity contribution in [3.05, 3.63) is 70.3 Å². The van der Waals surface area contributed by atoms with Crippen molar-refractivity contribution in [1.82, 2.24) is 10.6 Å². The molecule has 0 unspecified atom stereocenters. The van der Waals surface area contributed by atoms with Crippen molar-refractivity contribution in [2.45, 2.75) is 51.4 Å². The lowest BCUT2D eigenvalue weighted by Gasteiger charge is -2.29. The van der Waals surface area contributed by atoms with Gasteiger partial charge in [-0.05, 0) is 68.4 Å². The van der Waals surface area contributed by atoms with Crippen LogP contribution in [0, 0.1) is 24.5 Å². The van der Waals surface area contributed by atoms with Gasteiger partial charge in [-0.2, -0.15) is 13.2 Å². The first-order valence-corrected chi connectivity index (χ1v) is 10.3. The maximum atomic E-state index is 13.9. The Balaban J connectivity index is 1.46. The van der Waals surface area contributed by atoms with E-state index >= 15 is 0 Å². The maximum absolute atomic E-state index is 13.9. The van der Waals surface area contributed by atoms with Gasteiger partial charge in [0.25, 0.3) is 5.91 Å². The summed E-state index contributed by atoms with van der Waals surface area (Å²) in [6.07, 6.45) is -1.36. The van der Waals surface area contributed by atoms with Gasteiger partial charge in [0.2, 0.25) is 0 Å². The van der Waals surface area contributed by atoms with Gasteiger partial charge in [0.1, 0.15) is 11.6 Å². The molecule has 0 atom stereocenters. The van der Waals surface area contributed by atoms with Crippen LogP contribution < -0.4 is 10.6 Å². The van der Waals surface area contributed by atoms with E-state index in [-0.39, 0.29) is 23.3 Å². The number of carbonyl (C=O) groups is 1. The smallest absolute Gasteiger partial charge is 0.352 e. The molecule has 1 amide bonds. The quantitative estimate of drug-likeness (QED) is 0.593. The van der Waals surface area contributed by atoms with Crippen LogP contribution in [0.25, 0.3) is 0 Å². The van der Waals surface area contributed by atoms with Crippen LogP contribution in [0.1, 0.15) is 52.7 Å². The highest BCUT2D eigenvalue weighted by Gasteiger charge is 2.32. The summed E-state index contributed by atoms with van der Waals surface area (Å²) in [5.41, 5.74) is 0.0254. The highest BCUT2D eigenvalue weighted by atomic mass is 19.4. The number of aryl methyl sites for hydroxylation is 1. The van der Waals surface area contributed by atoms with Gasteiger partial charge in [-0.1, -0.05) is 12.1 Å². The first kappa shape index (κ1) is 23.2. The zero-order valence-electron chi connectivity index (χ0n) is 17.2. The Hall–Kier alpha value is -2.48. The number of nitrogens with one attached hydrogen (secondary N) is 2. The topological polar surface area (TPSA) is 41.1 Å². The Morgan fingerprint density at radius 2 is 1.77 bits per heavy atom.